The van der Waals surface area contributed by atoms with Crippen LogP contribution in [0.1, 0.15) is 5.69 Å². The molecule has 1 N–H and O–H groups in total. The zero-order valence-corrected chi connectivity index (χ0v) is 10.7. The molecule has 5 nitrogen and oxygen atoms in total. The molecule has 5 heteroatoms. The Balaban J connectivity index is 1.44. The number of nitrogens with zero attached hydrogens (tertiary/aromatic N) is 2. The maximum Gasteiger partial charge on any atom is 0.202 e. The third-order valence-electron chi connectivity index (χ3n) is 4.17. The van der Waals surface area contributed by atoms with Crippen LogP contribution < -0.4 is 5.32 Å². The van der Waals surface area contributed by atoms with Gasteiger partial charge in [0.25, 0.3) is 0 Å². The van der Waals surface area contributed by atoms with Crippen molar-refractivity contribution in [2.45, 2.75) is 6.54 Å². The molecule has 4 heterocycles. The lowest BCUT2D eigenvalue weighted by Crippen LogP contribution is -2.25. The van der Waals surface area contributed by atoms with E-state index >= 15 is 0 Å². The first-order chi connectivity index (χ1) is 9.38. The van der Waals surface area contributed by atoms with E-state index in [1.54, 1.807) is 6.26 Å². The fourth-order valence-electron chi connectivity index (χ4n) is 3.23. The maximum atomic E-state index is 5.33. The molecule has 2 aromatic heterocycles. The zero-order valence-electron chi connectivity index (χ0n) is 10.7. The van der Waals surface area contributed by atoms with E-state index in [9.17, 15) is 0 Å². The maximum absolute atomic E-state index is 5.33. The Labute approximate surface area is 111 Å². The van der Waals surface area contributed by atoms with Crippen molar-refractivity contribution in [1.29, 1.82) is 0 Å². The number of likely N-dealkylation sites (tertiary alicyclic amines) is 1. The van der Waals surface area contributed by atoms with Gasteiger partial charge in [0, 0.05) is 25.7 Å². The van der Waals surface area contributed by atoms with Crippen LogP contribution in [0.5, 0.6) is 0 Å². The molecule has 2 aliphatic rings. The summed E-state index contributed by atoms with van der Waals surface area (Å²) in [6.07, 6.45) is 1.65. The number of aromatic nitrogens is 1. The molecule has 0 aliphatic carbocycles. The minimum absolute atomic E-state index is 0.709. The van der Waals surface area contributed by atoms with Crippen LogP contribution in [0.4, 0.5) is 0 Å². The minimum atomic E-state index is 0.709. The molecule has 2 unspecified atom stereocenters. The van der Waals surface area contributed by atoms with E-state index in [0.717, 1.165) is 42.9 Å². The third-order valence-corrected chi connectivity index (χ3v) is 4.17. The molecule has 100 valence electrons. The standard InChI is InChI=1S/C14H17N3O2/c1-2-13(18-3-1)14-4-12(16-19-14)9-17-7-10-5-15-6-11(10)8-17/h1-4,10-11,15H,5-9H2. The van der Waals surface area contributed by atoms with Crippen molar-refractivity contribution >= 4 is 0 Å². The summed E-state index contributed by atoms with van der Waals surface area (Å²) in [5.74, 6) is 3.08. The van der Waals surface area contributed by atoms with Gasteiger partial charge < -0.3 is 14.3 Å². The first-order valence-electron chi connectivity index (χ1n) is 6.81. The van der Waals surface area contributed by atoms with E-state index in [1.807, 2.05) is 18.2 Å². The molecule has 0 saturated carbocycles. The van der Waals surface area contributed by atoms with E-state index < -0.39 is 0 Å². The molecule has 2 atom stereocenters. The molecular formula is C14H17N3O2. The fourth-order valence-corrected chi connectivity index (χ4v) is 3.23. The number of rotatable bonds is 3. The molecule has 0 aromatic carbocycles. The Bertz CT molecular complexity index is 537. The lowest BCUT2D eigenvalue weighted by atomic mass is 10.0. The molecule has 2 saturated heterocycles. The lowest BCUT2D eigenvalue weighted by molar-refractivity contribution is 0.293. The van der Waals surface area contributed by atoms with Gasteiger partial charge in [-0.2, -0.15) is 0 Å². The molecule has 0 amide bonds. The normalized spacial score (nSPS) is 26.9. The number of furan rings is 1. The Morgan fingerprint density at radius 1 is 1.26 bits per heavy atom. The second-order valence-corrected chi connectivity index (χ2v) is 5.53. The fraction of sp³-hybridized carbons (Fsp3) is 0.500. The highest BCUT2D eigenvalue weighted by molar-refractivity contribution is 5.49. The highest BCUT2D eigenvalue weighted by Gasteiger charge is 2.36. The van der Waals surface area contributed by atoms with Gasteiger partial charge >= 0.3 is 0 Å². The van der Waals surface area contributed by atoms with Gasteiger partial charge in [-0.05, 0) is 37.1 Å². The van der Waals surface area contributed by atoms with E-state index in [0.29, 0.717) is 5.76 Å². The number of hydrogen-bond donors (Lipinski definition) is 1. The van der Waals surface area contributed by atoms with E-state index in [-0.39, 0.29) is 0 Å². The van der Waals surface area contributed by atoms with Crippen molar-refractivity contribution in [2.24, 2.45) is 11.8 Å². The summed E-state index contributed by atoms with van der Waals surface area (Å²) in [6.45, 7) is 5.54. The van der Waals surface area contributed by atoms with Crippen molar-refractivity contribution in [3.05, 3.63) is 30.2 Å². The number of hydrogen-bond acceptors (Lipinski definition) is 5. The highest BCUT2D eigenvalue weighted by atomic mass is 16.5. The molecule has 19 heavy (non-hydrogen) atoms. The predicted molar refractivity (Wildman–Crippen MR) is 69.3 cm³/mol. The SMILES string of the molecule is c1coc(-c2cc(CN3CC4CNCC4C3)no2)c1. The Morgan fingerprint density at radius 3 is 2.84 bits per heavy atom. The van der Waals surface area contributed by atoms with E-state index in [2.05, 4.69) is 15.4 Å². The van der Waals surface area contributed by atoms with Crippen LogP contribution in [0.3, 0.4) is 0 Å². The van der Waals surface area contributed by atoms with Crippen molar-refractivity contribution < 1.29 is 8.94 Å². The molecule has 4 rings (SSSR count). The van der Waals surface area contributed by atoms with Crippen molar-refractivity contribution in [1.82, 2.24) is 15.4 Å². The number of fused-ring (bicyclic) bond motifs is 1. The van der Waals surface area contributed by atoms with Gasteiger partial charge in [-0.3, -0.25) is 4.90 Å². The first kappa shape index (κ1) is 11.3. The molecule has 2 fully saturated rings. The summed E-state index contributed by atoms with van der Waals surface area (Å²) in [5, 5.41) is 7.60. The quantitative estimate of drug-likeness (QED) is 0.907. The van der Waals surface area contributed by atoms with Crippen LogP contribution in [-0.2, 0) is 6.54 Å². The first-order valence-corrected chi connectivity index (χ1v) is 6.81. The van der Waals surface area contributed by atoms with Gasteiger partial charge in [0.1, 0.15) is 0 Å². The second kappa shape index (κ2) is 4.51. The highest BCUT2D eigenvalue weighted by Crippen LogP contribution is 2.28. The van der Waals surface area contributed by atoms with Crippen LogP contribution in [0.2, 0.25) is 0 Å². The predicted octanol–water partition coefficient (Wildman–Crippen LogP) is 1.59. The van der Waals surface area contributed by atoms with Gasteiger partial charge in [-0.15, -0.1) is 0 Å². The average Bonchev–Trinajstić information content (AvgIpc) is 3.12. The minimum Gasteiger partial charge on any atom is -0.461 e. The van der Waals surface area contributed by atoms with Gasteiger partial charge in [0.05, 0.1) is 12.0 Å². The monoisotopic (exact) mass is 259 g/mol. The molecular weight excluding hydrogens is 242 g/mol. The van der Waals surface area contributed by atoms with Gasteiger partial charge in [-0.25, -0.2) is 0 Å². The Kier molecular flexibility index (Phi) is 2.67. The van der Waals surface area contributed by atoms with E-state index in [4.69, 9.17) is 8.94 Å². The summed E-state index contributed by atoms with van der Waals surface area (Å²) in [7, 11) is 0. The zero-order chi connectivity index (χ0) is 12.7. The van der Waals surface area contributed by atoms with Crippen LogP contribution in [0, 0.1) is 11.8 Å². The number of nitrogens with one attached hydrogen (secondary N) is 1. The Hall–Kier alpha value is -1.59. The van der Waals surface area contributed by atoms with Crippen molar-refractivity contribution in [3.63, 3.8) is 0 Å². The molecule has 0 spiro atoms. The van der Waals surface area contributed by atoms with Gasteiger partial charge in [0.2, 0.25) is 5.76 Å². The third kappa shape index (κ3) is 2.09. The summed E-state index contributed by atoms with van der Waals surface area (Å²) in [4.78, 5) is 2.47. The van der Waals surface area contributed by atoms with Crippen LogP contribution in [0.15, 0.2) is 33.4 Å². The molecule has 2 aromatic rings. The molecule has 0 bridgehead atoms. The Morgan fingerprint density at radius 2 is 2.11 bits per heavy atom. The van der Waals surface area contributed by atoms with E-state index in [1.165, 1.54) is 13.1 Å². The van der Waals surface area contributed by atoms with Crippen LogP contribution in [-0.4, -0.2) is 36.2 Å². The smallest absolute Gasteiger partial charge is 0.202 e. The average molecular weight is 259 g/mol. The topological polar surface area (TPSA) is 54.4 Å². The van der Waals surface area contributed by atoms with Gasteiger partial charge in [-0.1, -0.05) is 5.16 Å². The summed E-state index contributed by atoms with van der Waals surface area (Å²) >= 11 is 0. The summed E-state index contributed by atoms with van der Waals surface area (Å²) in [6, 6.07) is 5.72. The van der Waals surface area contributed by atoms with Gasteiger partial charge in [0.15, 0.2) is 5.76 Å². The molecule has 0 radical (unpaired) electrons. The molecule has 2 aliphatic heterocycles. The second-order valence-electron chi connectivity index (χ2n) is 5.53. The van der Waals surface area contributed by atoms with Crippen molar-refractivity contribution in [2.75, 3.05) is 26.2 Å². The van der Waals surface area contributed by atoms with Crippen LogP contribution >= 0.6 is 0 Å². The summed E-state index contributed by atoms with van der Waals surface area (Å²) < 4.78 is 10.6. The largest absolute Gasteiger partial charge is 0.461 e. The van der Waals surface area contributed by atoms with Crippen molar-refractivity contribution in [3.8, 4) is 11.5 Å². The summed E-state index contributed by atoms with van der Waals surface area (Å²) in [5.41, 5.74) is 0.985. The van der Waals surface area contributed by atoms with Crippen LogP contribution in [0.25, 0.3) is 11.5 Å². The lowest BCUT2D eigenvalue weighted by Gasteiger charge is -2.14.